The van der Waals surface area contributed by atoms with Gasteiger partial charge in [-0.3, -0.25) is 4.72 Å². The van der Waals surface area contributed by atoms with Gasteiger partial charge in [0.15, 0.2) is 0 Å². The number of aryl methyl sites for hydroxylation is 2. The molecule has 0 radical (unpaired) electrons. The fraction of sp³-hybridized carbons (Fsp3) is 0.500. The van der Waals surface area contributed by atoms with E-state index in [-0.39, 0.29) is 17.4 Å². The molecule has 0 fully saturated rings. The first-order chi connectivity index (χ1) is 8.25. The summed E-state index contributed by atoms with van der Waals surface area (Å²) in [5.41, 5.74) is 1.80. The van der Waals surface area contributed by atoms with Gasteiger partial charge >= 0.3 is 0 Å². The molecule has 0 saturated heterocycles. The SMILES string of the molecule is Cc1cc(NS(=O)(=O)CC(C)CCl)c(C)cc1O. The second kappa shape index (κ2) is 5.80. The highest BCUT2D eigenvalue weighted by atomic mass is 35.5. The number of aromatic hydroxyl groups is 1. The van der Waals surface area contributed by atoms with E-state index in [0.717, 1.165) is 0 Å². The summed E-state index contributed by atoms with van der Waals surface area (Å²) in [6.07, 6.45) is 0. The smallest absolute Gasteiger partial charge is 0.233 e. The van der Waals surface area contributed by atoms with Gasteiger partial charge in [0.25, 0.3) is 0 Å². The Morgan fingerprint density at radius 2 is 1.94 bits per heavy atom. The summed E-state index contributed by atoms with van der Waals surface area (Å²) < 4.78 is 26.3. The molecule has 0 aliphatic rings. The van der Waals surface area contributed by atoms with E-state index in [2.05, 4.69) is 4.72 Å². The fourth-order valence-corrected chi connectivity index (χ4v) is 3.28. The molecular formula is C12H18ClNO3S. The Kier molecular flexibility index (Phi) is 4.87. The molecule has 0 aliphatic carbocycles. The maximum atomic E-state index is 11.9. The lowest BCUT2D eigenvalue weighted by Crippen LogP contribution is -2.22. The molecule has 0 aliphatic heterocycles. The summed E-state index contributed by atoms with van der Waals surface area (Å²) in [6, 6.07) is 3.16. The van der Waals surface area contributed by atoms with Crippen LogP contribution >= 0.6 is 11.6 Å². The maximum Gasteiger partial charge on any atom is 0.233 e. The lowest BCUT2D eigenvalue weighted by Gasteiger charge is -2.14. The van der Waals surface area contributed by atoms with Gasteiger partial charge in [-0.25, -0.2) is 8.42 Å². The highest BCUT2D eigenvalue weighted by Crippen LogP contribution is 2.25. The molecule has 0 aromatic heterocycles. The van der Waals surface area contributed by atoms with Crippen molar-refractivity contribution in [3.05, 3.63) is 23.3 Å². The van der Waals surface area contributed by atoms with Crippen molar-refractivity contribution in [1.29, 1.82) is 0 Å². The highest BCUT2D eigenvalue weighted by molar-refractivity contribution is 7.92. The Hall–Kier alpha value is -0.940. The van der Waals surface area contributed by atoms with Gasteiger partial charge in [-0.2, -0.15) is 0 Å². The number of rotatable bonds is 5. The third kappa shape index (κ3) is 4.07. The number of alkyl halides is 1. The van der Waals surface area contributed by atoms with Crippen molar-refractivity contribution < 1.29 is 13.5 Å². The summed E-state index contributed by atoms with van der Waals surface area (Å²) in [4.78, 5) is 0. The lowest BCUT2D eigenvalue weighted by atomic mass is 10.1. The van der Waals surface area contributed by atoms with Gasteiger partial charge in [0.1, 0.15) is 5.75 Å². The number of sulfonamides is 1. The Morgan fingerprint density at radius 1 is 1.33 bits per heavy atom. The number of nitrogens with one attached hydrogen (secondary N) is 1. The van der Waals surface area contributed by atoms with E-state index in [1.165, 1.54) is 6.07 Å². The topological polar surface area (TPSA) is 66.4 Å². The zero-order valence-electron chi connectivity index (χ0n) is 10.7. The number of hydrogen-bond acceptors (Lipinski definition) is 3. The van der Waals surface area contributed by atoms with Gasteiger partial charge < -0.3 is 5.11 Å². The van der Waals surface area contributed by atoms with Crippen molar-refractivity contribution in [3.63, 3.8) is 0 Å². The summed E-state index contributed by atoms with van der Waals surface area (Å²) >= 11 is 5.61. The van der Waals surface area contributed by atoms with Crippen molar-refractivity contribution in [2.75, 3.05) is 16.4 Å². The van der Waals surface area contributed by atoms with Gasteiger partial charge in [-0.1, -0.05) is 6.92 Å². The van der Waals surface area contributed by atoms with E-state index in [4.69, 9.17) is 11.6 Å². The molecule has 2 N–H and O–H groups in total. The van der Waals surface area contributed by atoms with Crippen LogP contribution in [0.3, 0.4) is 0 Å². The maximum absolute atomic E-state index is 11.9. The van der Waals surface area contributed by atoms with Crippen LogP contribution in [-0.4, -0.2) is 25.2 Å². The van der Waals surface area contributed by atoms with Crippen molar-refractivity contribution in [2.24, 2.45) is 5.92 Å². The molecule has 1 atom stereocenters. The molecule has 0 spiro atoms. The molecule has 0 amide bonds. The third-order valence-corrected chi connectivity index (χ3v) is 4.64. The first kappa shape index (κ1) is 15.1. The van der Waals surface area contributed by atoms with Crippen LogP contribution in [0.4, 0.5) is 5.69 Å². The van der Waals surface area contributed by atoms with E-state index in [1.54, 1.807) is 26.8 Å². The van der Waals surface area contributed by atoms with Crippen molar-refractivity contribution in [2.45, 2.75) is 20.8 Å². The van der Waals surface area contributed by atoms with Gasteiger partial charge in [-0.05, 0) is 43.0 Å². The van der Waals surface area contributed by atoms with Crippen LogP contribution in [0.5, 0.6) is 5.75 Å². The molecule has 18 heavy (non-hydrogen) atoms. The minimum Gasteiger partial charge on any atom is -0.508 e. The standard InChI is InChI=1S/C12H18ClNO3S/c1-8(6-13)7-18(16,17)14-11-4-10(3)12(15)5-9(11)2/h4-5,8,14-15H,6-7H2,1-3H3. The van der Waals surface area contributed by atoms with Crippen LogP contribution < -0.4 is 4.72 Å². The predicted octanol–water partition coefficient (Wildman–Crippen LogP) is 2.63. The van der Waals surface area contributed by atoms with Crippen LogP contribution in [-0.2, 0) is 10.0 Å². The zero-order valence-corrected chi connectivity index (χ0v) is 12.3. The average Bonchev–Trinajstić information content (AvgIpc) is 2.24. The molecular weight excluding hydrogens is 274 g/mol. The van der Waals surface area contributed by atoms with Crippen molar-refractivity contribution in [1.82, 2.24) is 0 Å². The number of phenols is 1. The Labute approximate surface area is 113 Å². The summed E-state index contributed by atoms with van der Waals surface area (Å²) in [5, 5.41) is 9.51. The van der Waals surface area contributed by atoms with E-state index in [0.29, 0.717) is 22.7 Å². The van der Waals surface area contributed by atoms with E-state index in [9.17, 15) is 13.5 Å². The minimum atomic E-state index is -3.41. The average molecular weight is 292 g/mol. The molecule has 4 nitrogen and oxygen atoms in total. The summed E-state index contributed by atoms with van der Waals surface area (Å²) in [5.74, 6) is 0.330. The summed E-state index contributed by atoms with van der Waals surface area (Å²) in [6.45, 7) is 5.23. The van der Waals surface area contributed by atoms with Crippen molar-refractivity contribution >= 4 is 27.3 Å². The first-order valence-corrected chi connectivity index (χ1v) is 7.80. The van der Waals surface area contributed by atoms with Crippen LogP contribution in [0.1, 0.15) is 18.1 Å². The van der Waals surface area contributed by atoms with Crippen molar-refractivity contribution in [3.8, 4) is 5.75 Å². The predicted molar refractivity (Wildman–Crippen MR) is 74.9 cm³/mol. The largest absolute Gasteiger partial charge is 0.508 e. The third-order valence-electron chi connectivity index (χ3n) is 2.58. The number of halogens is 1. The van der Waals surface area contributed by atoms with E-state index in [1.807, 2.05) is 0 Å². The molecule has 6 heteroatoms. The minimum absolute atomic E-state index is 0.0180. The normalized spacial score (nSPS) is 13.3. The van der Waals surface area contributed by atoms with Gasteiger partial charge in [0, 0.05) is 5.88 Å². The fourth-order valence-electron chi connectivity index (χ4n) is 1.54. The Morgan fingerprint density at radius 3 is 2.50 bits per heavy atom. The Bertz CT molecular complexity index is 528. The molecule has 0 saturated carbocycles. The molecule has 1 rings (SSSR count). The van der Waals surface area contributed by atoms with Crippen LogP contribution in [0.15, 0.2) is 12.1 Å². The molecule has 102 valence electrons. The number of anilines is 1. The monoisotopic (exact) mass is 291 g/mol. The van der Waals surface area contributed by atoms with E-state index < -0.39 is 10.0 Å². The van der Waals surface area contributed by atoms with Crippen LogP contribution in [0.25, 0.3) is 0 Å². The summed E-state index contributed by atoms with van der Waals surface area (Å²) in [7, 11) is -3.41. The molecule has 1 aromatic carbocycles. The van der Waals surface area contributed by atoms with Crippen LogP contribution in [0, 0.1) is 19.8 Å². The molecule has 1 unspecified atom stereocenters. The quantitative estimate of drug-likeness (QED) is 0.647. The molecule has 0 bridgehead atoms. The van der Waals surface area contributed by atoms with Gasteiger partial charge in [0.05, 0.1) is 11.4 Å². The molecule has 1 aromatic rings. The number of benzene rings is 1. The van der Waals surface area contributed by atoms with Gasteiger partial charge in [0.2, 0.25) is 10.0 Å². The van der Waals surface area contributed by atoms with Crippen LogP contribution in [0.2, 0.25) is 0 Å². The zero-order chi connectivity index (χ0) is 13.9. The van der Waals surface area contributed by atoms with Gasteiger partial charge in [-0.15, -0.1) is 11.6 Å². The second-order valence-electron chi connectivity index (χ2n) is 4.60. The second-order valence-corrected chi connectivity index (χ2v) is 6.67. The number of phenolic OH excluding ortho intramolecular Hbond substituents is 1. The lowest BCUT2D eigenvalue weighted by molar-refractivity contribution is 0.471. The molecule has 0 heterocycles. The highest BCUT2D eigenvalue weighted by Gasteiger charge is 2.16. The first-order valence-electron chi connectivity index (χ1n) is 5.62. The van der Waals surface area contributed by atoms with E-state index >= 15 is 0 Å². The number of hydrogen-bond donors (Lipinski definition) is 2. The Balaban J connectivity index is 2.94.